The topological polar surface area (TPSA) is 84.9 Å². The Morgan fingerprint density at radius 3 is 2.40 bits per heavy atom. The molecule has 0 heterocycles. The van der Waals surface area contributed by atoms with Crippen molar-refractivity contribution in [3.63, 3.8) is 0 Å². The first-order valence-electron chi connectivity index (χ1n) is 5.57. The number of hydrogen-bond donors (Lipinski definition) is 2. The molecule has 1 aromatic carbocycles. The van der Waals surface area contributed by atoms with E-state index in [0.29, 0.717) is 5.56 Å². The molecule has 2 N–H and O–H groups in total. The predicted molar refractivity (Wildman–Crippen MR) is 63.4 cm³/mol. The van der Waals surface area contributed by atoms with Gasteiger partial charge in [-0.3, -0.25) is 4.79 Å². The average molecular weight is 289 g/mol. The van der Waals surface area contributed by atoms with E-state index in [4.69, 9.17) is 5.11 Å². The summed E-state index contributed by atoms with van der Waals surface area (Å²) in [7, 11) is 0. The van der Waals surface area contributed by atoms with Crippen molar-refractivity contribution in [3.05, 3.63) is 29.8 Å². The lowest BCUT2D eigenvalue weighted by Gasteiger charge is -2.07. The number of carboxylic acids is 1. The zero-order chi connectivity index (χ0) is 15.0. The molecule has 0 bridgehead atoms. The Morgan fingerprint density at radius 1 is 1.20 bits per heavy atom. The van der Waals surface area contributed by atoms with Crippen LogP contribution in [0.3, 0.4) is 0 Å². The summed E-state index contributed by atoms with van der Waals surface area (Å²) < 4.78 is 32.6. The van der Waals surface area contributed by atoms with Gasteiger partial charge in [0, 0.05) is 6.54 Å². The minimum atomic E-state index is -2.88. The number of hydrogen-bond acceptors (Lipinski definition) is 4. The molecule has 20 heavy (non-hydrogen) atoms. The van der Waals surface area contributed by atoms with Crippen LogP contribution in [0, 0.1) is 0 Å². The normalized spacial score (nSPS) is 10.3. The zero-order valence-electron chi connectivity index (χ0n) is 10.3. The number of alkyl halides is 2. The summed E-state index contributed by atoms with van der Waals surface area (Å²) in [5.74, 6) is -1.61. The molecule has 1 rings (SSSR count). The van der Waals surface area contributed by atoms with Crippen LogP contribution in [0.5, 0.6) is 5.75 Å². The monoisotopic (exact) mass is 289 g/mol. The molecule has 110 valence electrons. The largest absolute Gasteiger partial charge is 0.480 e. The maximum Gasteiger partial charge on any atom is 0.387 e. The third-order valence-corrected chi connectivity index (χ3v) is 2.10. The van der Waals surface area contributed by atoms with Crippen molar-refractivity contribution in [3.8, 4) is 5.75 Å². The molecule has 0 fully saturated rings. The molecule has 1 amide bonds. The van der Waals surface area contributed by atoms with Crippen LogP contribution in [-0.2, 0) is 20.9 Å². The number of aliphatic carboxylic acids is 1. The van der Waals surface area contributed by atoms with Crippen molar-refractivity contribution in [1.82, 2.24) is 5.32 Å². The summed E-state index contributed by atoms with van der Waals surface area (Å²) in [5.41, 5.74) is 0.679. The van der Waals surface area contributed by atoms with Crippen molar-refractivity contribution >= 4 is 11.9 Å². The number of benzene rings is 1. The summed E-state index contributed by atoms with van der Waals surface area (Å²) in [4.78, 5) is 21.4. The van der Waals surface area contributed by atoms with Gasteiger partial charge < -0.3 is 19.9 Å². The average Bonchev–Trinajstić information content (AvgIpc) is 2.37. The van der Waals surface area contributed by atoms with Crippen molar-refractivity contribution in [1.29, 1.82) is 0 Å². The van der Waals surface area contributed by atoms with Crippen molar-refractivity contribution < 1.29 is 33.0 Å². The molecule has 0 aliphatic heterocycles. The second-order valence-electron chi connectivity index (χ2n) is 3.69. The standard InChI is InChI=1S/C12H13F2NO5/c13-12(14)20-9-3-1-8(2-4-9)5-15-10(16)6-19-7-11(17)18/h1-4,12H,5-7H2,(H,15,16)(H,17,18). The molecule has 1 aromatic rings. The fraction of sp³-hybridized carbons (Fsp3) is 0.333. The highest BCUT2D eigenvalue weighted by atomic mass is 19.3. The van der Waals surface area contributed by atoms with E-state index in [1.165, 1.54) is 24.3 Å². The van der Waals surface area contributed by atoms with Crippen molar-refractivity contribution in [2.24, 2.45) is 0 Å². The van der Waals surface area contributed by atoms with E-state index in [2.05, 4.69) is 14.8 Å². The van der Waals surface area contributed by atoms with Gasteiger partial charge in [-0.05, 0) is 17.7 Å². The summed E-state index contributed by atoms with van der Waals surface area (Å²) in [6.07, 6.45) is 0. The number of halogens is 2. The molecule has 0 atom stereocenters. The van der Waals surface area contributed by atoms with E-state index in [-0.39, 0.29) is 18.9 Å². The van der Waals surface area contributed by atoms with Crippen LogP contribution in [0.2, 0.25) is 0 Å². The fourth-order valence-electron chi connectivity index (χ4n) is 1.27. The summed E-state index contributed by atoms with van der Waals surface area (Å²) in [6, 6.07) is 5.76. The molecule has 0 saturated carbocycles. The Hall–Kier alpha value is -2.22. The zero-order valence-corrected chi connectivity index (χ0v) is 10.3. The first-order valence-corrected chi connectivity index (χ1v) is 5.57. The van der Waals surface area contributed by atoms with E-state index < -0.39 is 25.1 Å². The van der Waals surface area contributed by atoms with Gasteiger partial charge in [0.15, 0.2) is 0 Å². The van der Waals surface area contributed by atoms with Crippen LogP contribution in [0.4, 0.5) is 8.78 Å². The highest BCUT2D eigenvalue weighted by Gasteiger charge is 2.05. The number of amides is 1. The van der Waals surface area contributed by atoms with Crippen LogP contribution >= 0.6 is 0 Å². The molecular formula is C12H13F2NO5. The summed E-state index contributed by atoms with van der Waals surface area (Å²) in [5, 5.41) is 10.8. The molecule has 6 nitrogen and oxygen atoms in total. The third kappa shape index (κ3) is 6.64. The predicted octanol–water partition coefficient (Wildman–Crippen LogP) is 1.01. The van der Waals surface area contributed by atoms with Crippen LogP contribution < -0.4 is 10.1 Å². The van der Waals surface area contributed by atoms with E-state index in [1.807, 2.05) is 0 Å². The lowest BCUT2D eigenvalue weighted by molar-refractivity contribution is -0.143. The van der Waals surface area contributed by atoms with Crippen LogP contribution in [-0.4, -0.2) is 36.8 Å². The second kappa shape index (κ2) is 8.05. The number of carbonyl (C=O) groups is 2. The van der Waals surface area contributed by atoms with Gasteiger partial charge in [0.05, 0.1) is 0 Å². The Bertz CT molecular complexity index is 450. The molecule has 0 aromatic heterocycles. The lowest BCUT2D eigenvalue weighted by atomic mass is 10.2. The van der Waals surface area contributed by atoms with Crippen molar-refractivity contribution in [2.75, 3.05) is 13.2 Å². The van der Waals surface area contributed by atoms with Gasteiger partial charge in [-0.1, -0.05) is 12.1 Å². The maximum absolute atomic E-state index is 11.9. The molecule has 0 spiro atoms. The minimum absolute atomic E-state index is 0.0277. The van der Waals surface area contributed by atoms with Crippen molar-refractivity contribution in [2.45, 2.75) is 13.2 Å². The number of nitrogens with one attached hydrogen (secondary N) is 1. The maximum atomic E-state index is 11.9. The quantitative estimate of drug-likeness (QED) is 0.746. The van der Waals surface area contributed by atoms with Crippen LogP contribution in [0.1, 0.15) is 5.56 Å². The van der Waals surface area contributed by atoms with E-state index >= 15 is 0 Å². The lowest BCUT2D eigenvalue weighted by Crippen LogP contribution is -2.28. The van der Waals surface area contributed by atoms with Gasteiger partial charge >= 0.3 is 12.6 Å². The molecule has 0 unspecified atom stereocenters. The SMILES string of the molecule is O=C(O)COCC(=O)NCc1ccc(OC(F)F)cc1. The highest BCUT2D eigenvalue weighted by molar-refractivity contribution is 5.77. The van der Waals surface area contributed by atoms with Gasteiger partial charge in [-0.15, -0.1) is 0 Å². The fourth-order valence-corrected chi connectivity index (χ4v) is 1.27. The molecular weight excluding hydrogens is 276 g/mol. The first-order chi connectivity index (χ1) is 9.47. The van der Waals surface area contributed by atoms with Gasteiger partial charge in [0.1, 0.15) is 19.0 Å². The van der Waals surface area contributed by atoms with Gasteiger partial charge in [0.2, 0.25) is 5.91 Å². The van der Waals surface area contributed by atoms with E-state index in [0.717, 1.165) is 0 Å². The Balaban J connectivity index is 2.30. The molecule has 8 heteroatoms. The Labute approximate surface area is 113 Å². The highest BCUT2D eigenvalue weighted by Crippen LogP contribution is 2.14. The summed E-state index contributed by atoms with van der Waals surface area (Å²) in [6.45, 7) is -3.62. The van der Waals surface area contributed by atoms with E-state index in [1.54, 1.807) is 0 Å². The number of carboxylic acid groups (broad SMARTS) is 1. The molecule has 0 aliphatic rings. The number of carbonyl (C=O) groups excluding carboxylic acids is 1. The second-order valence-corrected chi connectivity index (χ2v) is 3.69. The van der Waals surface area contributed by atoms with Crippen LogP contribution in [0.15, 0.2) is 24.3 Å². The van der Waals surface area contributed by atoms with Gasteiger partial charge in [-0.2, -0.15) is 8.78 Å². The van der Waals surface area contributed by atoms with Gasteiger partial charge in [-0.25, -0.2) is 4.79 Å². The molecule has 0 radical (unpaired) electrons. The summed E-state index contributed by atoms with van der Waals surface area (Å²) >= 11 is 0. The first kappa shape index (κ1) is 15.8. The molecule has 0 aliphatic carbocycles. The van der Waals surface area contributed by atoms with E-state index in [9.17, 15) is 18.4 Å². The minimum Gasteiger partial charge on any atom is -0.480 e. The number of rotatable bonds is 8. The number of ether oxygens (including phenoxy) is 2. The van der Waals surface area contributed by atoms with Crippen LogP contribution in [0.25, 0.3) is 0 Å². The smallest absolute Gasteiger partial charge is 0.387 e. The van der Waals surface area contributed by atoms with Gasteiger partial charge in [0.25, 0.3) is 0 Å². The Kier molecular flexibility index (Phi) is 6.38. The molecule has 0 saturated heterocycles. The Morgan fingerprint density at radius 2 is 1.85 bits per heavy atom. The third-order valence-electron chi connectivity index (χ3n) is 2.10.